The van der Waals surface area contributed by atoms with Crippen LogP contribution in [0.4, 0.5) is 0 Å². The zero-order valence-corrected chi connectivity index (χ0v) is 12.9. The zero-order chi connectivity index (χ0) is 15.9. The van der Waals surface area contributed by atoms with Gasteiger partial charge < -0.3 is 10.4 Å². The topological polar surface area (TPSA) is 80.0 Å². The number of nitrogens with zero attached hydrogens (tertiary/aromatic N) is 3. The molecule has 0 aliphatic rings. The number of para-hydroxylation sites is 1. The highest BCUT2D eigenvalue weighted by molar-refractivity contribution is 5.76. The van der Waals surface area contributed by atoms with Crippen molar-refractivity contribution >= 4 is 5.91 Å². The summed E-state index contributed by atoms with van der Waals surface area (Å²) in [7, 11) is 0. The normalized spacial score (nSPS) is 12.4. The second-order valence-corrected chi connectivity index (χ2v) is 5.57. The molecule has 2 aromatic rings. The van der Waals surface area contributed by atoms with E-state index >= 15 is 0 Å². The van der Waals surface area contributed by atoms with Crippen molar-refractivity contribution < 1.29 is 9.90 Å². The molecule has 1 heterocycles. The Kier molecular flexibility index (Phi) is 5.66. The molecule has 1 aromatic carbocycles. The number of aromatic nitrogens is 3. The van der Waals surface area contributed by atoms with Crippen LogP contribution in [0.1, 0.15) is 26.1 Å². The highest BCUT2D eigenvalue weighted by Gasteiger charge is 2.12. The van der Waals surface area contributed by atoms with Crippen LogP contribution in [0, 0.1) is 5.92 Å². The number of nitrogens with one attached hydrogen (secondary N) is 1. The highest BCUT2D eigenvalue weighted by atomic mass is 16.3. The maximum absolute atomic E-state index is 11.8. The van der Waals surface area contributed by atoms with Gasteiger partial charge >= 0.3 is 0 Å². The lowest BCUT2D eigenvalue weighted by molar-refractivity contribution is -0.121. The van der Waals surface area contributed by atoms with Crippen LogP contribution in [0.3, 0.4) is 0 Å². The lowest BCUT2D eigenvalue weighted by Gasteiger charge is -2.15. The van der Waals surface area contributed by atoms with E-state index in [0.717, 1.165) is 11.5 Å². The first-order valence-corrected chi connectivity index (χ1v) is 7.47. The van der Waals surface area contributed by atoms with E-state index in [2.05, 4.69) is 15.5 Å². The van der Waals surface area contributed by atoms with Gasteiger partial charge in [0, 0.05) is 25.1 Å². The van der Waals surface area contributed by atoms with E-state index < -0.39 is 6.10 Å². The number of hydrogen-bond donors (Lipinski definition) is 2. The van der Waals surface area contributed by atoms with Crippen molar-refractivity contribution in [2.24, 2.45) is 5.92 Å². The first-order chi connectivity index (χ1) is 10.6. The SMILES string of the molecule is CC(C)C(O)CNC(=O)CCc1nncn1-c1ccccc1. The zero-order valence-electron chi connectivity index (χ0n) is 12.9. The molecule has 0 aliphatic carbocycles. The van der Waals surface area contributed by atoms with Gasteiger partial charge in [-0.1, -0.05) is 32.0 Å². The molecule has 0 radical (unpaired) electrons. The molecule has 2 rings (SSSR count). The van der Waals surface area contributed by atoms with Gasteiger partial charge in [-0.3, -0.25) is 9.36 Å². The number of aliphatic hydroxyl groups excluding tert-OH is 1. The third kappa shape index (κ3) is 4.39. The standard InChI is InChI=1S/C16H22N4O2/c1-12(2)14(21)10-17-16(22)9-8-15-19-18-11-20(15)13-6-4-3-5-7-13/h3-7,11-12,14,21H,8-10H2,1-2H3,(H,17,22). The monoisotopic (exact) mass is 302 g/mol. The second kappa shape index (κ2) is 7.70. The molecule has 1 atom stereocenters. The first-order valence-electron chi connectivity index (χ1n) is 7.47. The number of hydrogen-bond acceptors (Lipinski definition) is 4. The molecule has 22 heavy (non-hydrogen) atoms. The van der Waals surface area contributed by atoms with Crippen molar-refractivity contribution in [3.63, 3.8) is 0 Å². The minimum atomic E-state index is -0.517. The smallest absolute Gasteiger partial charge is 0.220 e. The van der Waals surface area contributed by atoms with Gasteiger partial charge in [0.05, 0.1) is 6.10 Å². The molecule has 118 valence electrons. The molecule has 0 spiro atoms. The van der Waals surface area contributed by atoms with Gasteiger partial charge in [0.1, 0.15) is 12.2 Å². The Morgan fingerprint density at radius 3 is 2.73 bits per heavy atom. The molecule has 1 amide bonds. The third-order valence-corrected chi connectivity index (χ3v) is 3.51. The average molecular weight is 302 g/mol. The fourth-order valence-corrected chi connectivity index (χ4v) is 2.00. The van der Waals surface area contributed by atoms with Gasteiger partial charge in [0.25, 0.3) is 0 Å². The predicted molar refractivity (Wildman–Crippen MR) is 83.5 cm³/mol. The molecule has 0 bridgehead atoms. The number of aliphatic hydroxyl groups is 1. The van der Waals surface area contributed by atoms with E-state index in [-0.39, 0.29) is 18.4 Å². The Morgan fingerprint density at radius 2 is 2.05 bits per heavy atom. The van der Waals surface area contributed by atoms with E-state index in [9.17, 15) is 9.90 Å². The molecule has 6 nitrogen and oxygen atoms in total. The van der Waals surface area contributed by atoms with Crippen LogP contribution < -0.4 is 5.32 Å². The molecule has 1 unspecified atom stereocenters. The van der Waals surface area contributed by atoms with E-state index in [4.69, 9.17) is 0 Å². The van der Waals surface area contributed by atoms with Gasteiger partial charge in [0.15, 0.2) is 0 Å². The maximum Gasteiger partial charge on any atom is 0.220 e. The van der Waals surface area contributed by atoms with Crippen LogP contribution >= 0.6 is 0 Å². The predicted octanol–water partition coefficient (Wildman–Crippen LogP) is 1.33. The molecule has 1 aromatic heterocycles. The van der Waals surface area contributed by atoms with Crippen molar-refractivity contribution in [2.75, 3.05) is 6.54 Å². The Hall–Kier alpha value is -2.21. The number of carbonyl (C=O) groups excluding carboxylic acids is 1. The Bertz CT molecular complexity index is 595. The average Bonchev–Trinajstić information content (AvgIpc) is 2.99. The summed E-state index contributed by atoms with van der Waals surface area (Å²) in [5, 5.41) is 20.4. The van der Waals surface area contributed by atoms with Crippen LogP contribution in [-0.4, -0.2) is 38.4 Å². The van der Waals surface area contributed by atoms with Crippen molar-refractivity contribution in [3.8, 4) is 5.69 Å². The van der Waals surface area contributed by atoms with Crippen molar-refractivity contribution in [1.82, 2.24) is 20.1 Å². The molecule has 0 saturated heterocycles. The van der Waals surface area contributed by atoms with E-state index in [0.29, 0.717) is 12.8 Å². The largest absolute Gasteiger partial charge is 0.391 e. The van der Waals surface area contributed by atoms with E-state index in [1.165, 1.54) is 0 Å². The number of amides is 1. The van der Waals surface area contributed by atoms with Crippen molar-refractivity contribution in [3.05, 3.63) is 42.5 Å². The van der Waals surface area contributed by atoms with Crippen LogP contribution in [0.5, 0.6) is 0 Å². The van der Waals surface area contributed by atoms with Gasteiger partial charge in [-0.05, 0) is 18.1 Å². The number of aryl methyl sites for hydroxylation is 1. The molecule has 6 heteroatoms. The Morgan fingerprint density at radius 1 is 1.32 bits per heavy atom. The van der Waals surface area contributed by atoms with E-state index in [1.807, 2.05) is 48.7 Å². The summed E-state index contributed by atoms with van der Waals surface area (Å²) >= 11 is 0. The number of carbonyl (C=O) groups is 1. The van der Waals surface area contributed by atoms with Crippen LogP contribution in [0.25, 0.3) is 5.69 Å². The summed E-state index contributed by atoms with van der Waals surface area (Å²) < 4.78 is 1.87. The van der Waals surface area contributed by atoms with Crippen LogP contribution in [-0.2, 0) is 11.2 Å². The summed E-state index contributed by atoms with van der Waals surface area (Å²) in [6.45, 7) is 4.11. The second-order valence-electron chi connectivity index (χ2n) is 5.57. The first kappa shape index (κ1) is 16.2. The number of benzene rings is 1. The third-order valence-electron chi connectivity index (χ3n) is 3.51. The maximum atomic E-state index is 11.8. The summed E-state index contributed by atoms with van der Waals surface area (Å²) in [6.07, 6.45) is 1.94. The quantitative estimate of drug-likeness (QED) is 0.808. The Labute approximate surface area is 130 Å². The minimum Gasteiger partial charge on any atom is -0.391 e. The minimum absolute atomic E-state index is 0.0951. The summed E-state index contributed by atoms with van der Waals surface area (Å²) in [5.74, 6) is 0.773. The fraction of sp³-hybridized carbons (Fsp3) is 0.438. The highest BCUT2D eigenvalue weighted by Crippen LogP contribution is 2.10. The van der Waals surface area contributed by atoms with Gasteiger partial charge in [-0.25, -0.2) is 0 Å². The van der Waals surface area contributed by atoms with Crippen molar-refractivity contribution in [2.45, 2.75) is 32.8 Å². The van der Waals surface area contributed by atoms with Crippen LogP contribution in [0.15, 0.2) is 36.7 Å². The molecular weight excluding hydrogens is 280 g/mol. The lowest BCUT2D eigenvalue weighted by Crippen LogP contribution is -2.34. The Balaban J connectivity index is 1.88. The van der Waals surface area contributed by atoms with Crippen LogP contribution in [0.2, 0.25) is 0 Å². The molecule has 0 aliphatic heterocycles. The summed E-state index contributed by atoms with van der Waals surface area (Å²) in [6, 6.07) is 9.76. The number of rotatable bonds is 7. The molecule has 0 fully saturated rings. The summed E-state index contributed by atoms with van der Waals surface area (Å²) in [5.41, 5.74) is 0.970. The van der Waals surface area contributed by atoms with E-state index in [1.54, 1.807) is 6.33 Å². The van der Waals surface area contributed by atoms with Gasteiger partial charge in [0.2, 0.25) is 5.91 Å². The fourth-order valence-electron chi connectivity index (χ4n) is 2.00. The van der Waals surface area contributed by atoms with Gasteiger partial charge in [-0.15, -0.1) is 10.2 Å². The van der Waals surface area contributed by atoms with Gasteiger partial charge in [-0.2, -0.15) is 0 Å². The molecular formula is C16H22N4O2. The molecule has 0 saturated carbocycles. The molecule has 2 N–H and O–H groups in total. The summed E-state index contributed by atoms with van der Waals surface area (Å²) in [4.78, 5) is 11.8. The lowest BCUT2D eigenvalue weighted by atomic mass is 10.1. The van der Waals surface area contributed by atoms with Crippen molar-refractivity contribution in [1.29, 1.82) is 0 Å².